The number of nitrogens with two attached hydrogens (primary N) is 1. The fraction of sp³-hybridized carbons (Fsp3) is 0.667. The molecule has 1 saturated heterocycles. The van der Waals surface area contributed by atoms with Gasteiger partial charge in [0, 0.05) is 39.4 Å². The molecular formula is C15H26N6O2. The molecule has 3 N–H and O–H groups in total. The van der Waals surface area contributed by atoms with Crippen molar-refractivity contribution in [2.45, 2.75) is 19.9 Å². The van der Waals surface area contributed by atoms with Crippen LogP contribution in [0.25, 0.3) is 0 Å². The van der Waals surface area contributed by atoms with Crippen molar-refractivity contribution in [1.29, 1.82) is 0 Å². The molecule has 2 rings (SSSR count). The van der Waals surface area contributed by atoms with E-state index in [1.54, 1.807) is 9.58 Å². The van der Waals surface area contributed by atoms with Gasteiger partial charge in [0.15, 0.2) is 0 Å². The predicted molar refractivity (Wildman–Crippen MR) is 87.8 cm³/mol. The maximum absolute atomic E-state index is 12.2. The molecule has 1 atom stereocenters. The molecule has 0 saturated carbocycles. The molecule has 2 amide bonds. The van der Waals surface area contributed by atoms with E-state index in [1.807, 2.05) is 33.3 Å². The van der Waals surface area contributed by atoms with E-state index in [2.05, 4.69) is 15.3 Å². The molecule has 8 nitrogen and oxygen atoms in total. The van der Waals surface area contributed by atoms with Crippen LogP contribution < -0.4 is 16.0 Å². The first-order valence-electron chi connectivity index (χ1n) is 7.93. The molecule has 1 aliphatic rings. The van der Waals surface area contributed by atoms with Gasteiger partial charge in [-0.1, -0.05) is 13.8 Å². The van der Waals surface area contributed by atoms with Gasteiger partial charge in [0.25, 0.3) is 0 Å². The van der Waals surface area contributed by atoms with E-state index in [9.17, 15) is 9.59 Å². The zero-order chi connectivity index (χ0) is 17.0. The van der Waals surface area contributed by atoms with Crippen LogP contribution in [0.1, 0.15) is 13.8 Å². The summed E-state index contributed by atoms with van der Waals surface area (Å²) in [7, 11) is 1.88. The number of anilines is 1. The lowest BCUT2D eigenvalue weighted by atomic mass is 10.1. The lowest BCUT2D eigenvalue weighted by molar-refractivity contribution is -0.133. The highest BCUT2D eigenvalue weighted by atomic mass is 16.2. The van der Waals surface area contributed by atoms with Crippen LogP contribution in [0.4, 0.5) is 5.69 Å². The first-order chi connectivity index (χ1) is 10.9. The molecule has 0 spiro atoms. The second-order valence-electron chi connectivity index (χ2n) is 6.23. The van der Waals surface area contributed by atoms with Gasteiger partial charge >= 0.3 is 0 Å². The molecule has 23 heavy (non-hydrogen) atoms. The largest absolute Gasteiger partial charge is 0.365 e. The van der Waals surface area contributed by atoms with Crippen molar-refractivity contribution < 1.29 is 9.59 Å². The van der Waals surface area contributed by atoms with E-state index in [-0.39, 0.29) is 24.3 Å². The highest BCUT2D eigenvalue weighted by Gasteiger charge is 2.23. The van der Waals surface area contributed by atoms with E-state index < -0.39 is 6.04 Å². The van der Waals surface area contributed by atoms with Crippen LogP contribution in [0.2, 0.25) is 0 Å². The molecule has 0 radical (unpaired) electrons. The Kier molecular flexibility index (Phi) is 5.59. The first kappa shape index (κ1) is 17.3. The average Bonchev–Trinajstić information content (AvgIpc) is 2.98. The molecule has 128 valence electrons. The van der Waals surface area contributed by atoms with Gasteiger partial charge in [-0.25, -0.2) is 0 Å². The summed E-state index contributed by atoms with van der Waals surface area (Å²) in [6.45, 7) is 6.56. The number of hydrogen-bond donors (Lipinski definition) is 2. The summed E-state index contributed by atoms with van der Waals surface area (Å²) in [4.78, 5) is 27.9. The van der Waals surface area contributed by atoms with Crippen molar-refractivity contribution in [3.63, 3.8) is 0 Å². The van der Waals surface area contributed by atoms with Crippen LogP contribution in [0.15, 0.2) is 12.4 Å². The first-order valence-corrected chi connectivity index (χ1v) is 7.93. The maximum atomic E-state index is 12.2. The fourth-order valence-corrected chi connectivity index (χ4v) is 2.48. The lowest BCUT2D eigenvalue weighted by Crippen LogP contribution is -2.52. The molecular weight excluding hydrogens is 296 g/mol. The van der Waals surface area contributed by atoms with Gasteiger partial charge in [-0.05, 0) is 5.92 Å². The molecule has 1 fully saturated rings. The van der Waals surface area contributed by atoms with Gasteiger partial charge in [0.05, 0.1) is 24.5 Å². The molecule has 1 aliphatic heterocycles. The summed E-state index contributed by atoms with van der Waals surface area (Å²) >= 11 is 0. The molecule has 1 aromatic rings. The number of nitrogens with one attached hydrogen (secondary N) is 1. The predicted octanol–water partition coefficient (Wildman–Crippen LogP) is -0.832. The molecule has 2 heterocycles. The quantitative estimate of drug-likeness (QED) is 0.737. The van der Waals surface area contributed by atoms with Crippen molar-refractivity contribution in [1.82, 2.24) is 20.0 Å². The number of piperazine rings is 1. The second-order valence-corrected chi connectivity index (χ2v) is 6.23. The minimum absolute atomic E-state index is 0.00610. The number of carbonyl (C=O) groups excluding carboxylic acids is 2. The van der Waals surface area contributed by atoms with Crippen LogP contribution in [-0.2, 0) is 16.6 Å². The second kappa shape index (κ2) is 7.45. The molecule has 0 aliphatic carbocycles. The van der Waals surface area contributed by atoms with Gasteiger partial charge in [-0.2, -0.15) is 5.10 Å². The standard InChI is InChI=1S/C15H26N6O2/c1-11(2)14(16)15(23)17-9-13(22)21-6-4-20(5-7-21)12-8-18-19(3)10-12/h8,10-11,14H,4-7,9,16H2,1-3H3,(H,17,23)/t14-/m0/s1. The van der Waals surface area contributed by atoms with Crippen LogP contribution >= 0.6 is 0 Å². The Hall–Kier alpha value is -2.09. The smallest absolute Gasteiger partial charge is 0.242 e. The summed E-state index contributed by atoms with van der Waals surface area (Å²) < 4.78 is 1.76. The van der Waals surface area contributed by atoms with Crippen LogP contribution in [0.3, 0.4) is 0 Å². The number of amides is 2. The van der Waals surface area contributed by atoms with Gasteiger partial charge in [-0.15, -0.1) is 0 Å². The Morgan fingerprint density at radius 3 is 2.48 bits per heavy atom. The minimum atomic E-state index is -0.578. The van der Waals surface area contributed by atoms with Gasteiger partial charge in [-0.3, -0.25) is 14.3 Å². The average molecular weight is 322 g/mol. The SMILES string of the molecule is CC(C)[C@H](N)C(=O)NCC(=O)N1CCN(c2cnn(C)c2)CC1. The van der Waals surface area contributed by atoms with E-state index in [4.69, 9.17) is 5.73 Å². The lowest BCUT2D eigenvalue weighted by Gasteiger charge is -2.35. The molecule has 0 aromatic carbocycles. The normalized spacial score (nSPS) is 16.6. The zero-order valence-electron chi connectivity index (χ0n) is 14.0. The number of rotatable bonds is 5. The van der Waals surface area contributed by atoms with Crippen molar-refractivity contribution in [2.24, 2.45) is 18.7 Å². The third-order valence-electron chi connectivity index (χ3n) is 4.12. The summed E-state index contributed by atoms with van der Waals surface area (Å²) in [5.74, 6) is -0.296. The Bertz CT molecular complexity index is 548. The monoisotopic (exact) mass is 322 g/mol. The summed E-state index contributed by atoms with van der Waals surface area (Å²) in [5.41, 5.74) is 6.82. The molecule has 0 bridgehead atoms. The summed E-state index contributed by atoms with van der Waals surface area (Å²) in [6.07, 6.45) is 3.79. The third-order valence-corrected chi connectivity index (χ3v) is 4.12. The third kappa shape index (κ3) is 4.44. The van der Waals surface area contributed by atoms with Crippen molar-refractivity contribution in [2.75, 3.05) is 37.6 Å². The summed E-state index contributed by atoms with van der Waals surface area (Å²) in [5, 5.41) is 6.79. The van der Waals surface area contributed by atoms with E-state index >= 15 is 0 Å². The molecule has 0 unspecified atom stereocenters. The molecule has 1 aromatic heterocycles. The zero-order valence-corrected chi connectivity index (χ0v) is 14.0. The number of aryl methyl sites for hydroxylation is 1. The topological polar surface area (TPSA) is 96.5 Å². The van der Waals surface area contributed by atoms with E-state index in [0.717, 1.165) is 18.8 Å². The van der Waals surface area contributed by atoms with Crippen LogP contribution in [-0.4, -0.2) is 65.3 Å². The Labute approximate surface area is 136 Å². The number of hydrogen-bond acceptors (Lipinski definition) is 5. The van der Waals surface area contributed by atoms with Gasteiger partial charge in [0.1, 0.15) is 0 Å². The van der Waals surface area contributed by atoms with Crippen molar-refractivity contribution in [3.05, 3.63) is 12.4 Å². The molecule has 8 heteroatoms. The summed E-state index contributed by atoms with van der Waals surface area (Å²) in [6, 6.07) is -0.578. The van der Waals surface area contributed by atoms with Crippen molar-refractivity contribution >= 4 is 17.5 Å². The number of carbonyl (C=O) groups is 2. The van der Waals surface area contributed by atoms with Gasteiger partial charge < -0.3 is 20.9 Å². The Morgan fingerprint density at radius 2 is 1.96 bits per heavy atom. The van der Waals surface area contributed by atoms with Crippen LogP contribution in [0, 0.1) is 5.92 Å². The fourth-order valence-electron chi connectivity index (χ4n) is 2.48. The van der Waals surface area contributed by atoms with E-state index in [0.29, 0.717) is 13.1 Å². The highest BCUT2D eigenvalue weighted by Crippen LogP contribution is 2.14. The minimum Gasteiger partial charge on any atom is -0.365 e. The Morgan fingerprint density at radius 1 is 1.30 bits per heavy atom. The van der Waals surface area contributed by atoms with Crippen molar-refractivity contribution in [3.8, 4) is 0 Å². The van der Waals surface area contributed by atoms with Gasteiger partial charge in [0.2, 0.25) is 11.8 Å². The highest BCUT2D eigenvalue weighted by molar-refractivity contribution is 5.87. The number of aromatic nitrogens is 2. The number of nitrogens with zero attached hydrogens (tertiary/aromatic N) is 4. The van der Waals surface area contributed by atoms with Crippen LogP contribution in [0.5, 0.6) is 0 Å². The Balaban J connectivity index is 1.76. The maximum Gasteiger partial charge on any atom is 0.242 e. The van der Waals surface area contributed by atoms with E-state index in [1.165, 1.54) is 0 Å².